The molecule has 1 unspecified atom stereocenters. The molecule has 0 bridgehead atoms. The number of unbranched alkanes of at least 4 members (excludes halogenated alkanes) is 22. The number of hydrogen-bond acceptors (Lipinski definition) is 1. The standard InChI is InChI=1S/C30H61NO/c1-3-5-7-9-11-13-14-15-16-17-18-19-20-22-24-26-28-29(30(31)32)27-25-23-21-12-10-8-6-4-2/h29H,3-28H2,1-2H3,(H2,31,32). The van der Waals surface area contributed by atoms with Crippen molar-refractivity contribution in [2.45, 2.75) is 181 Å². The topological polar surface area (TPSA) is 43.1 Å². The Morgan fingerprint density at radius 3 is 0.875 bits per heavy atom. The Bertz CT molecular complexity index is 368. The second kappa shape index (κ2) is 26.7. The molecule has 0 fully saturated rings. The van der Waals surface area contributed by atoms with Crippen LogP contribution in [0.4, 0.5) is 0 Å². The highest BCUT2D eigenvalue weighted by Crippen LogP contribution is 2.20. The summed E-state index contributed by atoms with van der Waals surface area (Å²) in [6.45, 7) is 4.56. The van der Waals surface area contributed by atoms with Crippen LogP contribution in [-0.4, -0.2) is 5.91 Å². The molecule has 0 rings (SSSR count). The minimum atomic E-state index is -0.0612. The molecule has 0 aromatic rings. The summed E-state index contributed by atoms with van der Waals surface area (Å²) >= 11 is 0. The van der Waals surface area contributed by atoms with Gasteiger partial charge in [0.15, 0.2) is 0 Å². The van der Waals surface area contributed by atoms with Gasteiger partial charge >= 0.3 is 0 Å². The van der Waals surface area contributed by atoms with E-state index >= 15 is 0 Å². The Hall–Kier alpha value is -0.530. The lowest BCUT2D eigenvalue weighted by atomic mass is 9.93. The fraction of sp³-hybridized carbons (Fsp3) is 0.967. The predicted molar refractivity (Wildman–Crippen MR) is 144 cm³/mol. The van der Waals surface area contributed by atoms with E-state index < -0.39 is 0 Å². The van der Waals surface area contributed by atoms with Crippen molar-refractivity contribution in [2.75, 3.05) is 0 Å². The molecule has 0 spiro atoms. The third-order valence-electron chi connectivity index (χ3n) is 7.21. The number of amides is 1. The first-order chi connectivity index (χ1) is 15.7. The maximum Gasteiger partial charge on any atom is 0.220 e. The van der Waals surface area contributed by atoms with Crippen molar-refractivity contribution in [2.24, 2.45) is 11.7 Å². The molecule has 0 aromatic heterocycles. The van der Waals surface area contributed by atoms with Crippen LogP contribution in [0.1, 0.15) is 181 Å². The SMILES string of the molecule is CCCCCCCCCCCCCCCCCCC(CCCCCCCCCC)C(N)=O. The lowest BCUT2D eigenvalue weighted by molar-refractivity contribution is -0.122. The molecular formula is C30H61NO. The summed E-state index contributed by atoms with van der Waals surface area (Å²) in [5.74, 6) is 0.0654. The molecule has 0 aliphatic rings. The maximum absolute atomic E-state index is 11.8. The highest BCUT2D eigenvalue weighted by molar-refractivity contribution is 5.76. The van der Waals surface area contributed by atoms with E-state index in [-0.39, 0.29) is 11.8 Å². The molecule has 2 heteroatoms. The van der Waals surface area contributed by atoms with Crippen LogP contribution in [0.3, 0.4) is 0 Å². The summed E-state index contributed by atoms with van der Waals surface area (Å²) in [7, 11) is 0. The van der Waals surface area contributed by atoms with Crippen molar-refractivity contribution in [3.63, 3.8) is 0 Å². The molecule has 1 amide bonds. The molecule has 1 atom stereocenters. The largest absolute Gasteiger partial charge is 0.369 e. The third-order valence-corrected chi connectivity index (χ3v) is 7.21. The van der Waals surface area contributed by atoms with Crippen molar-refractivity contribution in [3.05, 3.63) is 0 Å². The van der Waals surface area contributed by atoms with Crippen LogP contribution in [0.5, 0.6) is 0 Å². The minimum absolute atomic E-state index is 0.0612. The molecule has 2 nitrogen and oxygen atoms in total. The first-order valence-electron chi connectivity index (χ1n) is 15.0. The zero-order valence-electron chi connectivity index (χ0n) is 22.4. The summed E-state index contributed by atoms with van der Waals surface area (Å²) in [5, 5.41) is 0. The van der Waals surface area contributed by atoms with Gasteiger partial charge in [0.05, 0.1) is 0 Å². The second-order valence-corrected chi connectivity index (χ2v) is 10.5. The van der Waals surface area contributed by atoms with Gasteiger partial charge < -0.3 is 5.73 Å². The predicted octanol–water partition coefficient (Wildman–Crippen LogP) is 10.3. The summed E-state index contributed by atoms with van der Waals surface area (Å²) < 4.78 is 0. The number of carbonyl (C=O) groups is 1. The van der Waals surface area contributed by atoms with Crippen molar-refractivity contribution >= 4 is 5.91 Å². The molecule has 2 N–H and O–H groups in total. The average Bonchev–Trinajstić information content (AvgIpc) is 2.78. The van der Waals surface area contributed by atoms with Gasteiger partial charge in [-0.05, 0) is 12.8 Å². The van der Waals surface area contributed by atoms with Gasteiger partial charge in [0.1, 0.15) is 0 Å². The van der Waals surface area contributed by atoms with Crippen molar-refractivity contribution in [3.8, 4) is 0 Å². The fourth-order valence-corrected chi connectivity index (χ4v) is 4.89. The molecular weight excluding hydrogens is 390 g/mol. The van der Waals surface area contributed by atoms with Gasteiger partial charge in [-0.3, -0.25) is 4.79 Å². The number of rotatable bonds is 27. The van der Waals surface area contributed by atoms with Gasteiger partial charge in [-0.2, -0.15) is 0 Å². The zero-order valence-corrected chi connectivity index (χ0v) is 22.4. The quantitative estimate of drug-likeness (QED) is 0.124. The van der Waals surface area contributed by atoms with Crippen LogP contribution in [0.2, 0.25) is 0 Å². The first-order valence-corrected chi connectivity index (χ1v) is 15.0. The van der Waals surface area contributed by atoms with E-state index in [4.69, 9.17) is 5.73 Å². The number of hydrogen-bond donors (Lipinski definition) is 1. The van der Waals surface area contributed by atoms with E-state index in [0.29, 0.717) is 0 Å². The first kappa shape index (κ1) is 31.5. The van der Waals surface area contributed by atoms with Gasteiger partial charge in [0.2, 0.25) is 5.91 Å². The van der Waals surface area contributed by atoms with Crippen LogP contribution in [0, 0.1) is 5.92 Å². The Labute approximate surface area is 203 Å². The van der Waals surface area contributed by atoms with Crippen LogP contribution in [-0.2, 0) is 4.79 Å². The lowest BCUT2D eigenvalue weighted by Crippen LogP contribution is -2.23. The van der Waals surface area contributed by atoms with Crippen molar-refractivity contribution in [1.29, 1.82) is 0 Å². The molecule has 192 valence electrons. The molecule has 0 radical (unpaired) electrons. The molecule has 0 aliphatic heterocycles. The van der Waals surface area contributed by atoms with E-state index in [1.165, 1.54) is 154 Å². The Morgan fingerprint density at radius 1 is 0.438 bits per heavy atom. The van der Waals surface area contributed by atoms with E-state index in [9.17, 15) is 4.79 Å². The third kappa shape index (κ3) is 24.1. The van der Waals surface area contributed by atoms with E-state index in [1.807, 2.05) is 0 Å². The van der Waals surface area contributed by atoms with Crippen LogP contribution in [0.25, 0.3) is 0 Å². The summed E-state index contributed by atoms with van der Waals surface area (Å²) in [6, 6.07) is 0. The Kier molecular flexibility index (Phi) is 26.3. The van der Waals surface area contributed by atoms with E-state index in [0.717, 1.165) is 12.8 Å². The van der Waals surface area contributed by atoms with Gasteiger partial charge in [-0.25, -0.2) is 0 Å². The van der Waals surface area contributed by atoms with Gasteiger partial charge in [-0.15, -0.1) is 0 Å². The smallest absolute Gasteiger partial charge is 0.220 e. The second-order valence-electron chi connectivity index (χ2n) is 10.5. The van der Waals surface area contributed by atoms with E-state index in [2.05, 4.69) is 13.8 Å². The highest BCUT2D eigenvalue weighted by Gasteiger charge is 2.14. The lowest BCUT2D eigenvalue weighted by Gasteiger charge is -2.13. The fourth-order valence-electron chi connectivity index (χ4n) is 4.89. The average molecular weight is 452 g/mol. The molecule has 0 saturated carbocycles. The van der Waals surface area contributed by atoms with Gasteiger partial charge in [0, 0.05) is 5.92 Å². The van der Waals surface area contributed by atoms with Crippen LogP contribution in [0.15, 0.2) is 0 Å². The molecule has 32 heavy (non-hydrogen) atoms. The summed E-state index contributed by atoms with van der Waals surface area (Å²) in [6.07, 6.45) is 35.0. The van der Waals surface area contributed by atoms with Gasteiger partial charge in [-0.1, -0.05) is 168 Å². The normalized spacial score (nSPS) is 12.3. The summed E-state index contributed by atoms with van der Waals surface area (Å²) in [4.78, 5) is 11.8. The zero-order chi connectivity index (χ0) is 23.5. The maximum atomic E-state index is 11.8. The van der Waals surface area contributed by atoms with Crippen LogP contribution >= 0.6 is 0 Å². The molecule has 0 aliphatic carbocycles. The van der Waals surface area contributed by atoms with Crippen molar-refractivity contribution in [1.82, 2.24) is 0 Å². The number of nitrogens with two attached hydrogens (primary N) is 1. The molecule has 0 aromatic carbocycles. The number of carbonyl (C=O) groups excluding carboxylic acids is 1. The summed E-state index contributed by atoms with van der Waals surface area (Å²) in [5.41, 5.74) is 5.66. The van der Waals surface area contributed by atoms with E-state index in [1.54, 1.807) is 0 Å². The monoisotopic (exact) mass is 451 g/mol. The number of primary amides is 1. The van der Waals surface area contributed by atoms with Gasteiger partial charge in [0.25, 0.3) is 0 Å². The Morgan fingerprint density at radius 2 is 0.656 bits per heavy atom. The van der Waals surface area contributed by atoms with Crippen LogP contribution < -0.4 is 5.73 Å². The minimum Gasteiger partial charge on any atom is -0.369 e. The van der Waals surface area contributed by atoms with Crippen molar-refractivity contribution < 1.29 is 4.79 Å². The molecule has 0 saturated heterocycles. The Balaban J connectivity index is 3.37. The highest BCUT2D eigenvalue weighted by atomic mass is 16.1. The molecule has 0 heterocycles.